The number of aryl methyl sites for hydroxylation is 1. The lowest BCUT2D eigenvalue weighted by Gasteiger charge is -2.00. The quantitative estimate of drug-likeness (QED) is 0.282. The number of thiazole rings is 1. The van der Waals surface area contributed by atoms with E-state index in [0.29, 0.717) is 16.5 Å². The number of azo groups is 1. The van der Waals surface area contributed by atoms with Gasteiger partial charge in [0, 0.05) is 16.5 Å². The molecule has 0 aliphatic heterocycles. The summed E-state index contributed by atoms with van der Waals surface area (Å²) in [5.74, 6) is 0.774. The maximum absolute atomic E-state index is 13.4. The Bertz CT molecular complexity index is 1500. The summed E-state index contributed by atoms with van der Waals surface area (Å²) in [5.41, 5.74) is 4.85. The van der Waals surface area contributed by atoms with Gasteiger partial charge in [0.05, 0.1) is 24.2 Å². The van der Waals surface area contributed by atoms with Crippen molar-refractivity contribution in [3.63, 3.8) is 0 Å². The first-order valence-electron chi connectivity index (χ1n) is 10.6. The maximum Gasteiger partial charge on any atom is 0.301 e. The van der Waals surface area contributed by atoms with Crippen LogP contribution in [0, 0.1) is 6.92 Å². The molecule has 0 unspecified atom stereocenters. The van der Waals surface area contributed by atoms with Crippen LogP contribution in [0.4, 0.5) is 11.4 Å². The minimum atomic E-state index is -0.314. The highest BCUT2D eigenvalue weighted by Crippen LogP contribution is 2.30. The molecule has 3 aromatic carbocycles. The molecule has 34 heavy (non-hydrogen) atoms. The molecule has 0 aliphatic carbocycles. The molecule has 8 heteroatoms. The Balaban J connectivity index is 1.56. The number of rotatable bonds is 6. The van der Waals surface area contributed by atoms with E-state index in [0.717, 1.165) is 28.1 Å². The summed E-state index contributed by atoms with van der Waals surface area (Å²) in [5, 5.41) is 14.3. The summed E-state index contributed by atoms with van der Waals surface area (Å²) in [7, 11) is 1.63. The van der Waals surface area contributed by atoms with E-state index in [4.69, 9.17) is 4.74 Å². The zero-order valence-corrected chi connectivity index (χ0v) is 19.4. The molecule has 0 spiro atoms. The SMILES string of the molecule is COc1ccc(-c2csc(-n3[nH]c(-c4ccccc4)c(N=Nc4ccc(C)cc4)c3=O)n2)cc1. The van der Waals surface area contributed by atoms with E-state index in [1.54, 1.807) is 7.11 Å². The third kappa shape index (κ3) is 4.31. The third-order valence-corrected chi connectivity index (χ3v) is 6.12. The molecule has 0 bridgehead atoms. The number of ether oxygens (including phenoxy) is 1. The fourth-order valence-electron chi connectivity index (χ4n) is 3.44. The Morgan fingerprint density at radius 1 is 0.912 bits per heavy atom. The van der Waals surface area contributed by atoms with E-state index in [9.17, 15) is 4.79 Å². The first-order valence-corrected chi connectivity index (χ1v) is 11.5. The molecule has 7 nitrogen and oxygen atoms in total. The highest BCUT2D eigenvalue weighted by Gasteiger charge is 2.19. The lowest BCUT2D eigenvalue weighted by atomic mass is 10.1. The second kappa shape index (κ2) is 9.29. The molecule has 0 saturated heterocycles. The predicted molar refractivity (Wildman–Crippen MR) is 135 cm³/mol. The van der Waals surface area contributed by atoms with Crippen LogP contribution in [-0.2, 0) is 0 Å². The molecule has 1 N–H and O–H groups in total. The number of benzene rings is 3. The van der Waals surface area contributed by atoms with Crippen molar-refractivity contribution in [1.29, 1.82) is 0 Å². The largest absolute Gasteiger partial charge is 0.497 e. The molecular weight excluding hydrogens is 446 g/mol. The van der Waals surface area contributed by atoms with Gasteiger partial charge < -0.3 is 4.74 Å². The van der Waals surface area contributed by atoms with Crippen molar-refractivity contribution in [2.75, 3.05) is 7.11 Å². The Morgan fingerprint density at radius 3 is 2.35 bits per heavy atom. The Morgan fingerprint density at radius 2 is 1.65 bits per heavy atom. The average molecular weight is 468 g/mol. The van der Waals surface area contributed by atoms with E-state index < -0.39 is 0 Å². The van der Waals surface area contributed by atoms with Crippen molar-refractivity contribution < 1.29 is 4.74 Å². The molecule has 168 valence electrons. The van der Waals surface area contributed by atoms with Crippen LogP contribution in [-0.4, -0.2) is 21.9 Å². The summed E-state index contributed by atoms with van der Waals surface area (Å²) >= 11 is 1.37. The zero-order chi connectivity index (χ0) is 23.5. The number of hydrogen-bond acceptors (Lipinski definition) is 6. The van der Waals surface area contributed by atoms with Crippen molar-refractivity contribution in [3.8, 4) is 33.4 Å². The molecule has 0 saturated carbocycles. The fourth-order valence-corrected chi connectivity index (χ4v) is 4.23. The van der Waals surface area contributed by atoms with Gasteiger partial charge in [-0.3, -0.25) is 9.89 Å². The first kappa shape index (κ1) is 21.5. The van der Waals surface area contributed by atoms with Crippen LogP contribution in [0.1, 0.15) is 5.56 Å². The normalized spacial score (nSPS) is 11.2. The second-order valence-electron chi connectivity index (χ2n) is 7.62. The Labute approximate surface area is 200 Å². The lowest BCUT2D eigenvalue weighted by molar-refractivity contribution is 0.415. The lowest BCUT2D eigenvalue weighted by Crippen LogP contribution is -2.13. The number of nitrogens with one attached hydrogen (secondary N) is 1. The molecule has 2 aromatic heterocycles. The Kier molecular flexibility index (Phi) is 5.88. The van der Waals surface area contributed by atoms with Crippen LogP contribution < -0.4 is 10.3 Å². The van der Waals surface area contributed by atoms with E-state index >= 15 is 0 Å². The average Bonchev–Trinajstić information content (AvgIpc) is 3.49. The number of H-pyrrole nitrogens is 1. The monoisotopic (exact) mass is 467 g/mol. The first-order chi connectivity index (χ1) is 16.6. The molecule has 0 radical (unpaired) electrons. The standard InChI is InChI=1S/C26H21N5O2S/c1-17-8-12-20(13-9-17)28-29-24-23(19-6-4-3-5-7-19)30-31(25(24)32)26-27-22(16-34-26)18-10-14-21(33-2)15-11-18/h3-16,30H,1-2H3. The summed E-state index contributed by atoms with van der Waals surface area (Å²) in [6.07, 6.45) is 0. The van der Waals surface area contributed by atoms with Gasteiger partial charge in [0.2, 0.25) is 5.13 Å². The fraction of sp³-hybridized carbons (Fsp3) is 0.0769. The van der Waals surface area contributed by atoms with Crippen LogP contribution in [0.3, 0.4) is 0 Å². The van der Waals surface area contributed by atoms with Crippen molar-refractivity contribution in [3.05, 3.63) is 100 Å². The summed E-state index contributed by atoms with van der Waals surface area (Å²) in [6.45, 7) is 2.01. The minimum absolute atomic E-state index is 0.230. The molecule has 5 rings (SSSR count). The zero-order valence-electron chi connectivity index (χ0n) is 18.6. The van der Waals surface area contributed by atoms with Gasteiger partial charge in [-0.05, 0) is 43.3 Å². The second-order valence-corrected chi connectivity index (χ2v) is 8.46. The van der Waals surface area contributed by atoms with Crippen LogP contribution in [0.25, 0.3) is 27.6 Å². The predicted octanol–water partition coefficient (Wildman–Crippen LogP) is 6.69. The highest BCUT2D eigenvalue weighted by molar-refractivity contribution is 7.12. The van der Waals surface area contributed by atoms with E-state index in [1.165, 1.54) is 16.0 Å². The molecule has 0 fully saturated rings. The van der Waals surface area contributed by atoms with Gasteiger partial charge in [-0.2, -0.15) is 9.80 Å². The van der Waals surface area contributed by atoms with Crippen molar-refractivity contribution in [2.24, 2.45) is 10.2 Å². The van der Waals surface area contributed by atoms with Gasteiger partial charge >= 0.3 is 5.56 Å². The van der Waals surface area contributed by atoms with Crippen LogP contribution in [0.5, 0.6) is 5.75 Å². The summed E-state index contributed by atoms with van der Waals surface area (Å²) in [6, 6.07) is 24.9. The molecule has 2 heterocycles. The van der Waals surface area contributed by atoms with Gasteiger partial charge in [0.1, 0.15) is 5.75 Å². The number of methoxy groups -OCH3 is 1. The summed E-state index contributed by atoms with van der Waals surface area (Å²) < 4.78 is 6.65. The van der Waals surface area contributed by atoms with Crippen LogP contribution >= 0.6 is 11.3 Å². The molecule has 0 aliphatic rings. The van der Waals surface area contributed by atoms with E-state index in [2.05, 4.69) is 20.3 Å². The van der Waals surface area contributed by atoms with Crippen molar-refractivity contribution >= 4 is 22.7 Å². The molecule has 0 atom stereocenters. The van der Waals surface area contributed by atoms with Crippen molar-refractivity contribution in [2.45, 2.75) is 6.92 Å². The van der Waals surface area contributed by atoms with Crippen molar-refractivity contribution in [1.82, 2.24) is 14.8 Å². The third-order valence-electron chi connectivity index (χ3n) is 5.30. The van der Waals surface area contributed by atoms with Gasteiger partial charge in [-0.1, -0.05) is 48.0 Å². The Hall–Kier alpha value is -4.30. The van der Waals surface area contributed by atoms with Crippen LogP contribution in [0.2, 0.25) is 0 Å². The number of aromatic nitrogens is 3. The molecular formula is C26H21N5O2S. The number of nitrogens with zero attached hydrogens (tertiary/aromatic N) is 4. The minimum Gasteiger partial charge on any atom is -0.497 e. The molecule has 5 aromatic rings. The number of aromatic amines is 1. The van der Waals surface area contributed by atoms with E-state index in [1.807, 2.05) is 91.2 Å². The van der Waals surface area contributed by atoms with Gasteiger partial charge in [-0.25, -0.2) is 4.98 Å². The van der Waals surface area contributed by atoms with Gasteiger partial charge in [0.15, 0.2) is 5.69 Å². The summed E-state index contributed by atoms with van der Waals surface area (Å²) in [4.78, 5) is 18.1. The van der Waals surface area contributed by atoms with Gasteiger partial charge in [-0.15, -0.1) is 16.5 Å². The smallest absolute Gasteiger partial charge is 0.301 e. The van der Waals surface area contributed by atoms with E-state index in [-0.39, 0.29) is 11.2 Å². The highest BCUT2D eigenvalue weighted by atomic mass is 32.1. The van der Waals surface area contributed by atoms with Crippen LogP contribution in [0.15, 0.2) is 99.3 Å². The maximum atomic E-state index is 13.4. The topological polar surface area (TPSA) is 84.6 Å². The number of hydrogen-bond donors (Lipinski definition) is 1. The van der Waals surface area contributed by atoms with Gasteiger partial charge in [0.25, 0.3) is 0 Å². The molecule has 0 amide bonds.